The molecule has 0 aliphatic carbocycles. The molecule has 1 rings (SSSR count). The Morgan fingerprint density at radius 2 is 1.89 bits per heavy atom. The van der Waals surface area contributed by atoms with Crippen molar-refractivity contribution in [3.05, 3.63) is 23.5 Å². The second kappa shape index (κ2) is 6.75. The van der Waals surface area contributed by atoms with Crippen molar-refractivity contribution in [2.75, 3.05) is 6.61 Å². The minimum absolute atomic E-state index is 0.238. The summed E-state index contributed by atoms with van der Waals surface area (Å²) >= 11 is 0. The van der Waals surface area contributed by atoms with Crippen molar-refractivity contribution in [2.24, 2.45) is 5.16 Å². The second-order valence-electron chi connectivity index (χ2n) is 5.68. The van der Waals surface area contributed by atoms with E-state index in [1.807, 2.05) is 13.8 Å². The average molecular weight is 266 g/mol. The van der Waals surface area contributed by atoms with Crippen molar-refractivity contribution in [1.29, 1.82) is 0 Å². The van der Waals surface area contributed by atoms with Crippen molar-refractivity contribution in [1.82, 2.24) is 4.57 Å². The van der Waals surface area contributed by atoms with E-state index in [-0.39, 0.29) is 6.61 Å². The molecule has 0 bridgehead atoms. The van der Waals surface area contributed by atoms with Gasteiger partial charge in [0, 0.05) is 17.9 Å². The Balaban J connectivity index is 2.37. The van der Waals surface area contributed by atoms with Gasteiger partial charge in [-0.3, -0.25) is 0 Å². The van der Waals surface area contributed by atoms with Gasteiger partial charge >= 0.3 is 0 Å². The molecule has 4 nitrogen and oxygen atoms in total. The van der Waals surface area contributed by atoms with Gasteiger partial charge in [0.05, 0.1) is 11.3 Å². The lowest BCUT2D eigenvalue weighted by Crippen LogP contribution is -2.30. The Hall–Kier alpha value is -1.29. The maximum atomic E-state index is 10.2. The molecular weight excluding hydrogens is 240 g/mol. The number of nitrogens with zero attached hydrogens (tertiary/aromatic N) is 2. The molecular formula is C15H26N2O2. The van der Waals surface area contributed by atoms with Crippen molar-refractivity contribution in [3.8, 4) is 0 Å². The number of oxime groups is 1. The Morgan fingerprint density at radius 1 is 1.32 bits per heavy atom. The smallest absolute Gasteiger partial charge is 0.145 e. The van der Waals surface area contributed by atoms with E-state index in [2.05, 4.69) is 35.7 Å². The molecule has 0 amide bonds. The molecule has 108 valence electrons. The number of hydrogen-bond acceptors (Lipinski definition) is 3. The van der Waals surface area contributed by atoms with Crippen LogP contribution in [-0.4, -0.2) is 27.6 Å². The van der Waals surface area contributed by atoms with Gasteiger partial charge < -0.3 is 14.5 Å². The van der Waals surface area contributed by atoms with Crippen LogP contribution in [0, 0.1) is 13.8 Å². The van der Waals surface area contributed by atoms with E-state index < -0.39 is 5.60 Å². The third-order valence-electron chi connectivity index (χ3n) is 3.14. The molecule has 0 radical (unpaired) electrons. The summed E-state index contributed by atoms with van der Waals surface area (Å²) in [4.78, 5) is 5.13. The largest absolute Gasteiger partial charge is 0.393 e. The lowest BCUT2D eigenvalue weighted by molar-refractivity contribution is -0.0391. The van der Waals surface area contributed by atoms with Gasteiger partial charge in [-0.15, -0.1) is 0 Å². The van der Waals surface area contributed by atoms with Crippen LogP contribution < -0.4 is 0 Å². The van der Waals surface area contributed by atoms with Gasteiger partial charge in [0.1, 0.15) is 6.61 Å². The maximum absolute atomic E-state index is 10.2. The highest BCUT2D eigenvalue weighted by Gasteiger charge is 2.21. The molecule has 1 atom stereocenters. The van der Waals surface area contributed by atoms with Crippen molar-refractivity contribution in [3.63, 3.8) is 0 Å². The fourth-order valence-corrected chi connectivity index (χ4v) is 2.04. The molecule has 0 fully saturated rings. The van der Waals surface area contributed by atoms with Crippen LogP contribution in [0.5, 0.6) is 0 Å². The number of aromatic nitrogens is 1. The highest BCUT2D eigenvalue weighted by Crippen LogP contribution is 2.15. The first-order valence-corrected chi connectivity index (χ1v) is 6.80. The van der Waals surface area contributed by atoms with E-state index in [1.54, 1.807) is 6.92 Å². The third kappa shape index (κ3) is 5.47. The highest BCUT2D eigenvalue weighted by atomic mass is 16.6. The zero-order valence-electron chi connectivity index (χ0n) is 12.7. The van der Waals surface area contributed by atoms with Crippen LogP contribution in [0.15, 0.2) is 17.3 Å². The van der Waals surface area contributed by atoms with Crippen LogP contribution in [0.25, 0.3) is 0 Å². The minimum Gasteiger partial charge on any atom is -0.393 e. The van der Waals surface area contributed by atoms with Crippen molar-refractivity contribution in [2.45, 2.75) is 59.6 Å². The van der Waals surface area contributed by atoms with E-state index in [1.165, 1.54) is 11.4 Å². The molecule has 0 aliphatic heterocycles. The normalized spacial score (nSPS) is 14.0. The summed E-state index contributed by atoms with van der Waals surface area (Å²) < 4.78 is 2.27. The first-order valence-electron chi connectivity index (χ1n) is 6.80. The Labute approximate surface area is 116 Å². The van der Waals surface area contributed by atoms with Crippen LogP contribution in [0.2, 0.25) is 0 Å². The highest BCUT2D eigenvalue weighted by molar-refractivity contribution is 5.78. The van der Waals surface area contributed by atoms with E-state index in [4.69, 9.17) is 4.84 Å². The Kier molecular flexibility index (Phi) is 5.60. The van der Waals surface area contributed by atoms with Gasteiger partial charge in [-0.25, -0.2) is 0 Å². The van der Waals surface area contributed by atoms with Crippen LogP contribution in [0.1, 0.15) is 45.0 Å². The molecule has 0 aliphatic rings. The lowest BCUT2D eigenvalue weighted by atomic mass is 10.0. The zero-order valence-corrected chi connectivity index (χ0v) is 12.7. The summed E-state index contributed by atoms with van der Waals surface area (Å²) in [5.41, 5.74) is 2.56. The molecule has 4 heteroatoms. The van der Waals surface area contributed by atoms with Gasteiger partial charge in [-0.2, -0.15) is 0 Å². The van der Waals surface area contributed by atoms with E-state index in [9.17, 15) is 5.11 Å². The number of aryl methyl sites for hydroxylation is 2. The summed E-state index contributed by atoms with van der Waals surface area (Å²) in [6, 6.07) is 4.24. The maximum Gasteiger partial charge on any atom is 0.145 e. The molecule has 1 aromatic heterocycles. The predicted octanol–water partition coefficient (Wildman–Crippen LogP) is 3.05. The molecule has 1 aromatic rings. The predicted molar refractivity (Wildman–Crippen MR) is 78.5 cm³/mol. The summed E-state index contributed by atoms with van der Waals surface area (Å²) in [5.74, 6) is 0. The molecule has 1 N–H and O–H groups in total. The molecule has 0 saturated heterocycles. The topological polar surface area (TPSA) is 46.8 Å². The second-order valence-corrected chi connectivity index (χ2v) is 5.68. The van der Waals surface area contributed by atoms with Gasteiger partial charge in [-0.1, -0.05) is 5.16 Å². The van der Waals surface area contributed by atoms with Gasteiger partial charge in [0.25, 0.3) is 0 Å². The molecule has 0 aromatic carbocycles. The Morgan fingerprint density at radius 3 is 2.42 bits per heavy atom. The average Bonchev–Trinajstić information content (AvgIpc) is 2.59. The Bertz CT molecular complexity index is 410. The SMILES string of the molecule is CC(C)=NOC[C@@](C)(O)CCCn1c(C)ccc1C. The van der Waals surface area contributed by atoms with Crippen LogP contribution >= 0.6 is 0 Å². The third-order valence-corrected chi connectivity index (χ3v) is 3.14. The number of aliphatic hydroxyl groups is 1. The standard InChI is InChI=1S/C15H26N2O2/c1-12(2)16-19-11-15(5,18)9-6-10-17-13(3)7-8-14(17)4/h7-8,18H,6,9-11H2,1-5H3/t15-/m0/s1. The fourth-order valence-electron chi connectivity index (χ4n) is 2.04. The first kappa shape index (κ1) is 15.8. The summed E-state index contributed by atoms with van der Waals surface area (Å²) in [5, 5.41) is 14.0. The summed E-state index contributed by atoms with van der Waals surface area (Å²) in [7, 11) is 0. The summed E-state index contributed by atoms with van der Waals surface area (Å²) in [6.45, 7) is 10.9. The monoisotopic (exact) mass is 266 g/mol. The van der Waals surface area contributed by atoms with Gasteiger partial charge in [-0.05, 0) is 59.6 Å². The lowest BCUT2D eigenvalue weighted by Gasteiger charge is -2.22. The molecule has 0 spiro atoms. The van der Waals surface area contributed by atoms with Crippen molar-refractivity contribution >= 4 is 5.71 Å². The number of hydrogen-bond donors (Lipinski definition) is 1. The molecule has 1 heterocycles. The fraction of sp³-hybridized carbons (Fsp3) is 0.667. The quantitative estimate of drug-likeness (QED) is 0.609. The summed E-state index contributed by atoms with van der Waals surface area (Å²) in [6.07, 6.45) is 1.61. The van der Waals surface area contributed by atoms with E-state index in [0.29, 0.717) is 6.42 Å². The molecule has 0 unspecified atom stereocenters. The van der Waals surface area contributed by atoms with Crippen LogP contribution in [0.3, 0.4) is 0 Å². The van der Waals surface area contributed by atoms with Gasteiger partial charge in [0.15, 0.2) is 0 Å². The zero-order chi connectivity index (χ0) is 14.5. The van der Waals surface area contributed by atoms with Crippen LogP contribution in [-0.2, 0) is 11.4 Å². The van der Waals surface area contributed by atoms with E-state index in [0.717, 1.165) is 18.7 Å². The van der Waals surface area contributed by atoms with Crippen molar-refractivity contribution < 1.29 is 9.94 Å². The van der Waals surface area contributed by atoms with Gasteiger partial charge in [0.2, 0.25) is 0 Å². The molecule has 0 saturated carbocycles. The molecule has 19 heavy (non-hydrogen) atoms. The first-order chi connectivity index (χ1) is 8.82. The number of rotatable bonds is 7. The van der Waals surface area contributed by atoms with Crippen LogP contribution in [0.4, 0.5) is 0 Å². The van der Waals surface area contributed by atoms with E-state index >= 15 is 0 Å². The minimum atomic E-state index is -0.825.